The summed E-state index contributed by atoms with van der Waals surface area (Å²) in [5.74, 6) is 0.509. The van der Waals surface area contributed by atoms with Crippen molar-refractivity contribution in [1.82, 2.24) is 31.2 Å². The molecule has 0 radical (unpaired) electrons. The summed E-state index contributed by atoms with van der Waals surface area (Å²) in [5.41, 5.74) is 5.20. The van der Waals surface area contributed by atoms with Gasteiger partial charge in [0.05, 0.1) is 36.5 Å². The molecule has 3 aliphatic rings. The van der Waals surface area contributed by atoms with Crippen LogP contribution in [0.5, 0.6) is 11.6 Å². The minimum absolute atomic E-state index is 0.0307. The van der Waals surface area contributed by atoms with Crippen LogP contribution in [0.15, 0.2) is 54.7 Å². The Hall–Kier alpha value is -4.92. The van der Waals surface area contributed by atoms with Crippen molar-refractivity contribution in [3.8, 4) is 34.0 Å². The molecule has 0 bridgehead atoms. The molecule has 4 aromatic rings. The Labute approximate surface area is 328 Å². The summed E-state index contributed by atoms with van der Waals surface area (Å²) in [6.07, 6.45) is 1.54. The van der Waals surface area contributed by atoms with Crippen molar-refractivity contribution in [2.45, 2.75) is 82.3 Å². The first-order valence-corrected chi connectivity index (χ1v) is 19.3. The van der Waals surface area contributed by atoms with E-state index in [1.54, 1.807) is 13.3 Å². The van der Waals surface area contributed by atoms with Crippen molar-refractivity contribution in [3.05, 3.63) is 87.6 Å². The van der Waals surface area contributed by atoms with Crippen LogP contribution in [0.4, 0.5) is 19.0 Å². The maximum atomic E-state index is 14.6. The summed E-state index contributed by atoms with van der Waals surface area (Å²) in [5, 5.41) is 15.9. The molecular weight excluding hydrogens is 747 g/mol. The van der Waals surface area contributed by atoms with Gasteiger partial charge in [0.1, 0.15) is 11.6 Å². The summed E-state index contributed by atoms with van der Waals surface area (Å²) >= 11 is 7.15. The van der Waals surface area contributed by atoms with Gasteiger partial charge < -0.3 is 36.1 Å². The van der Waals surface area contributed by atoms with E-state index in [-0.39, 0.29) is 47.7 Å². The van der Waals surface area contributed by atoms with E-state index in [1.807, 2.05) is 42.5 Å². The predicted molar refractivity (Wildman–Crippen MR) is 208 cm³/mol. The van der Waals surface area contributed by atoms with Crippen LogP contribution in [-0.4, -0.2) is 61.2 Å². The van der Waals surface area contributed by atoms with Crippen LogP contribution in [0, 0.1) is 0 Å². The van der Waals surface area contributed by atoms with Gasteiger partial charge in [-0.15, -0.1) is 0 Å². The van der Waals surface area contributed by atoms with Gasteiger partial charge in [-0.2, -0.15) is 18.2 Å². The average Bonchev–Trinajstić information content (AvgIpc) is 3.81. The molecule has 3 atom stereocenters. The molecular formula is C41H45ClF3N7O4. The lowest BCUT2D eigenvalue weighted by atomic mass is 9.83. The third kappa shape index (κ3) is 8.72. The average molecular weight is 792 g/mol. The Morgan fingerprint density at radius 3 is 2.21 bits per heavy atom. The molecule has 5 N–H and O–H groups in total. The Kier molecular flexibility index (Phi) is 12.0. The number of alkyl halides is 3. The quantitative estimate of drug-likeness (QED) is 0.0942. The number of benzene rings is 2. The predicted octanol–water partition coefficient (Wildman–Crippen LogP) is 6.73. The fraction of sp³-hybridized carbons (Fsp3) is 0.415. The van der Waals surface area contributed by atoms with Gasteiger partial charge in [-0.3, -0.25) is 14.6 Å². The number of hydrogen-bond donors (Lipinski definition) is 5. The molecule has 0 unspecified atom stereocenters. The normalized spacial score (nSPS) is 19.4. The van der Waals surface area contributed by atoms with Crippen LogP contribution >= 0.6 is 11.6 Å². The monoisotopic (exact) mass is 791 g/mol. The van der Waals surface area contributed by atoms with Crippen LogP contribution in [-0.2, 0) is 35.3 Å². The maximum absolute atomic E-state index is 14.6. The van der Waals surface area contributed by atoms with E-state index in [9.17, 15) is 22.8 Å². The Morgan fingerprint density at radius 1 is 0.857 bits per heavy atom. The number of fused-ring (bicyclic) bond motifs is 1. The van der Waals surface area contributed by atoms with Crippen molar-refractivity contribution in [2.75, 3.05) is 32.6 Å². The van der Waals surface area contributed by atoms with Gasteiger partial charge in [0.25, 0.3) is 0 Å². The van der Waals surface area contributed by atoms with Gasteiger partial charge in [-0.25, -0.2) is 0 Å². The molecule has 2 fully saturated rings. The smallest absolute Gasteiger partial charge is 0.419 e. The number of nitrogens with one attached hydrogen (secondary N) is 5. The molecule has 7 rings (SSSR count). The van der Waals surface area contributed by atoms with E-state index in [0.29, 0.717) is 68.2 Å². The highest BCUT2D eigenvalue weighted by atomic mass is 35.5. The molecule has 56 heavy (non-hydrogen) atoms. The molecule has 2 aromatic heterocycles. The number of nitrogens with zero attached hydrogens (tertiary/aromatic N) is 2. The molecule has 2 saturated heterocycles. The fourth-order valence-electron chi connectivity index (χ4n) is 7.90. The number of ether oxygens (including phenoxy) is 2. The van der Waals surface area contributed by atoms with Crippen molar-refractivity contribution in [1.29, 1.82) is 0 Å². The van der Waals surface area contributed by atoms with Gasteiger partial charge in [-0.1, -0.05) is 41.9 Å². The molecule has 2 aliphatic heterocycles. The molecule has 1 aliphatic carbocycles. The van der Waals surface area contributed by atoms with Crippen LogP contribution < -0.4 is 36.1 Å². The van der Waals surface area contributed by atoms with Crippen molar-refractivity contribution >= 4 is 29.2 Å². The summed E-state index contributed by atoms with van der Waals surface area (Å²) in [7, 11) is 3.00. The molecule has 2 aromatic carbocycles. The van der Waals surface area contributed by atoms with Crippen LogP contribution in [0.2, 0.25) is 5.02 Å². The maximum Gasteiger partial charge on any atom is 0.419 e. The van der Waals surface area contributed by atoms with Crippen LogP contribution in [0.25, 0.3) is 22.4 Å². The van der Waals surface area contributed by atoms with E-state index >= 15 is 0 Å². The lowest BCUT2D eigenvalue weighted by molar-refractivity contribution is -0.137. The summed E-state index contributed by atoms with van der Waals surface area (Å²) in [6, 6.07) is 14.2. The topological polar surface area (TPSA) is 139 Å². The zero-order valence-corrected chi connectivity index (χ0v) is 32.0. The second kappa shape index (κ2) is 17.1. The highest BCUT2D eigenvalue weighted by Crippen LogP contribution is 2.44. The largest absolute Gasteiger partial charge is 0.496 e. The zero-order valence-electron chi connectivity index (χ0n) is 31.2. The van der Waals surface area contributed by atoms with Crippen LogP contribution in [0.3, 0.4) is 0 Å². The van der Waals surface area contributed by atoms with Gasteiger partial charge in [0.2, 0.25) is 17.7 Å². The molecule has 0 spiro atoms. The van der Waals surface area contributed by atoms with Crippen LogP contribution in [0.1, 0.15) is 72.4 Å². The van der Waals surface area contributed by atoms with E-state index in [0.717, 1.165) is 52.3 Å². The molecule has 11 nitrogen and oxygen atoms in total. The number of rotatable bonds is 14. The van der Waals surface area contributed by atoms with Gasteiger partial charge in [0.15, 0.2) is 0 Å². The SMILES string of the molecule is COc1cc(-c2nccc(-c3cccc4c3CCC[C@@H]4Nc3nc(OC)c(CNC[C@H]4CCC(=O)N4)cc3C(F)(F)F)c2Cl)ccc1CNC[C@H]1CCC(=O)N1. The first-order valence-electron chi connectivity index (χ1n) is 18.9. The standard InChI is InChI=1S/C41H45ClF3N7O4/c1-55-34-18-23(9-10-24(34)19-46-21-26-11-13-35(53)49-26)38-37(42)31(15-16-48-38)29-5-3-7-30-28(29)6-4-8-33(30)51-39-32(41(43,44)45)17-25(40(52-39)56-2)20-47-22-27-12-14-36(54)50-27/h3,5,7,9-10,15-18,26-27,33,46-47H,4,6,8,11-14,19-22H2,1-2H3,(H,49,53)(H,50,54)(H,51,52)/t26-,27-,33+/m1/s1. The number of hydrogen-bond acceptors (Lipinski definition) is 9. The number of carbonyl (C=O) groups excluding carboxylic acids is 2. The lowest BCUT2D eigenvalue weighted by Gasteiger charge is -2.30. The van der Waals surface area contributed by atoms with E-state index in [4.69, 9.17) is 21.1 Å². The van der Waals surface area contributed by atoms with Crippen molar-refractivity contribution in [3.63, 3.8) is 0 Å². The number of methoxy groups -OCH3 is 2. The lowest BCUT2D eigenvalue weighted by Crippen LogP contribution is -2.35. The van der Waals surface area contributed by atoms with Crippen molar-refractivity contribution < 1.29 is 32.2 Å². The minimum Gasteiger partial charge on any atom is -0.496 e. The van der Waals surface area contributed by atoms with E-state index in [1.165, 1.54) is 7.11 Å². The summed E-state index contributed by atoms with van der Waals surface area (Å²) in [6.45, 7) is 1.72. The highest BCUT2D eigenvalue weighted by molar-refractivity contribution is 6.35. The molecule has 4 heterocycles. The molecule has 15 heteroatoms. The van der Waals surface area contributed by atoms with Gasteiger partial charge in [-0.05, 0) is 67.0 Å². The minimum atomic E-state index is -4.68. The molecule has 296 valence electrons. The summed E-state index contributed by atoms with van der Waals surface area (Å²) < 4.78 is 55.0. The fourth-order valence-corrected chi connectivity index (χ4v) is 8.22. The first-order chi connectivity index (χ1) is 27.0. The number of amides is 2. The number of aromatic nitrogens is 2. The number of halogens is 4. The number of pyridine rings is 2. The van der Waals surface area contributed by atoms with Gasteiger partial charge >= 0.3 is 6.18 Å². The van der Waals surface area contributed by atoms with Gasteiger partial charge in [0, 0.05) is 79.6 Å². The highest BCUT2D eigenvalue weighted by Gasteiger charge is 2.37. The zero-order chi connectivity index (χ0) is 39.4. The third-order valence-electron chi connectivity index (χ3n) is 10.7. The number of anilines is 1. The Morgan fingerprint density at radius 2 is 1.57 bits per heavy atom. The van der Waals surface area contributed by atoms with E-state index < -0.39 is 17.8 Å². The Bertz CT molecular complexity index is 2100. The summed E-state index contributed by atoms with van der Waals surface area (Å²) in [4.78, 5) is 32.1. The third-order valence-corrected chi connectivity index (χ3v) is 11.1. The second-order valence-corrected chi connectivity index (χ2v) is 14.8. The van der Waals surface area contributed by atoms with Crippen molar-refractivity contribution in [2.24, 2.45) is 0 Å². The second-order valence-electron chi connectivity index (χ2n) is 14.4. The molecule has 0 saturated carbocycles. The Balaban J connectivity index is 1.12. The first kappa shape index (κ1) is 39.3. The molecule has 2 amide bonds. The number of carbonyl (C=O) groups is 2. The van der Waals surface area contributed by atoms with E-state index in [2.05, 4.69) is 36.6 Å².